The van der Waals surface area contributed by atoms with Gasteiger partial charge in [-0.1, -0.05) is 17.7 Å². The predicted octanol–water partition coefficient (Wildman–Crippen LogP) is 5.33. The van der Waals surface area contributed by atoms with E-state index in [2.05, 4.69) is 38.2 Å². The largest absolute Gasteiger partial charge is 0.325 e. The molecule has 1 atom stereocenters. The molecule has 4 bridgehead atoms. The summed E-state index contributed by atoms with van der Waals surface area (Å²) in [6.07, 6.45) is 8.44. The highest BCUT2D eigenvalue weighted by Crippen LogP contribution is 2.61. The number of carbonyl (C=O) groups excluding carboxylic acids is 1. The molecule has 0 unspecified atom stereocenters. The first-order valence-electron chi connectivity index (χ1n) is 9.48. The number of nitrogens with one attached hydrogen (secondary N) is 1. The molecule has 1 amide bonds. The molecule has 4 fully saturated rings. The summed E-state index contributed by atoms with van der Waals surface area (Å²) in [6, 6.07) is 6.23. The number of thioether (sulfide) groups is 1. The van der Waals surface area contributed by atoms with Gasteiger partial charge in [-0.2, -0.15) is 0 Å². The van der Waals surface area contributed by atoms with Crippen molar-refractivity contribution in [2.24, 2.45) is 17.8 Å². The van der Waals surface area contributed by atoms with Gasteiger partial charge in [0.1, 0.15) is 0 Å². The van der Waals surface area contributed by atoms with Gasteiger partial charge >= 0.3 is 0 Å². The van der Waals surface area contributed by atoms with E-state index in [0.717, 1.165) is 29.0 Å². The Bertz CT molecular complexity index is 618. The maximum Gasteiger partial charge on any atom is 0.237 e. The lowest BCUT2D eigenvalue weighted by atomic mass is 9.56. The molecule has 4 aliphatic carbocycles. The minimum atomic E-state index is 0.0296. The third-order valence-electron chi connectivity index (χ3n) is 6.42. The topological polar surface area (TPSA) is 29.1 Å². The van der Waals surface area contributed by atoms with Crippen molar-refractivity contribution in [2.75, 3.05) is 5.32 Å². The zero-order valence-electron chi connectivity index (χ0n) is 15.1. The fourth-order valence-electron chi connectivity index (χ4n) is 5.79. The molecule has 4 aliphatic rings. The summed E-state index contributed by atoms with van der Waals surface area (Å²) in [5, 5.41) is 3.19. The Labute approximate surface area is 150 Å². The highest BCUT2D eigenvalue weighted by molar-refractivity contribution is 8.01. The van der Waals surface area contributed by atoms with Gasteiger partial charge in [0.05, 0.1) is 5.25 Å². The lowest BCUT2D eigenvalue weighted by molar-refractivity contribution is -0.115. The van der Waals surface area contributed by atoms with Gasteiger partial charge in [0, 0.05) is 10.4 Å². The highest BCUT2D eigenvalue weighted by Gasteiger charge is 2.52. The zero-order valence-corrected chi connectivity index (χ0v) is 15.9. The van der Waals surface area contributed by atoms with Crippen molar-refractivity contribution < 1.29 is 4.79 Å². The Hall–Kier alpha value is -0.960. The van der Waals surface area contributed by atoms with Gasteiger partial charge in [0.2, 0.25) is 5.91 Å². The van der Waals surface area contributed by atoms with Gasteiger partial charge in [-0.25, -0.2) is 0 Å². The van der Waals surface area contributed by atoms with Crippen LogP contribution in [0, 0.1) is 31.6 Å². The van der Waals surface area contributed by atoms with E-state index in [9.17, 15) is 4.79 Å². The molecule has 0 heterocycles. The van der Waals surface area contributed by atoms with E-state index in [1.807, 2.05) is 17.8 Å². The number of amides is 1. The Morgan fingerprint density at radius 2 is 1.71 bits per heavy atom. The summed E-state index contributed by atoms with van der Waals surface area (Å²) in [5.74, 6) is 3.00. The molecule has 4 saturated carbocycles. The van der Waals surface area contributed by atoms with Crippen LogP contribution in [0.3, 0.4) is 0 Å². The quantitative estimate of drug-likeness (QED) is 0.800. The van der Waals surface area contributed by atoms with Crippen molar-refractivity contribution in [2.45, 2.75) is 69.3 Å². The number of benzene rings is 1. The molecule has 0 saturated heterocycles. The van der Waals surface area contributed by atoms with E-state index in [4.69, 9.17) is 0 Å². The Morgan fingerprint density at radius 1 is 1.12 bits per heavy atom. The normalized spacial score (nSPS) is 35.0. The predicted molar refractivity (Wildman–Crippen MR) is 103 cm³/mol. The number of hydrogen-bond acceptors (Lipinski definition) is 2. The second-order valence-corrected chi connectivity index (χ2v) is 10.5. The van der Waals surface area contributed by atoms with Crippen molar-refractivity contribution in [1.82, 2.24) is 0 Å². The number of rotatable bonds is 4. The molecule has 1 aromatic carbocycles. The third-order valence-corrected chi connectivity index (χ3v) is 7.99. The maximum atomic E-state index is 12.7. The summed E-state index contributed by atoms with van der Waals surface area (Å²) in [6.45, 7) is 6.26. The molecule has 3 heteroatoms. The van der Waals surface area contributed by atoms with Crippen LogP contribution in [-0.2, 0) is 4.79 Å². The minimum absolute atomic E-state index is 0.0296. The molecule has 1 aromatic rings. The standard InChI is InChI=1S/C21H29NOS/c1-13-4-5-19(14(2)6-13)22-20(23)15(3)24-21-10-16-7-17(11-21)9-18(8-16)12-21/h4-6,15-18H,7-12H2,1-3H3,(H,22,23)/t15-,16?,17?,18?,21?/m0/s1. The van der Waals surface area contributed by atoms with E-state index >= 15 is 0 Å². The average Bonchev–Trinajstić information content (AvgIpc) is 2.48. The highest BCUT2D eigenvalue weighted by atomic mass is 32.2. The van der Waals surface area contributed by atoms with Gasteiger partial charge in [0.15, 0.2) is 0 Å². The van der Waals surface area contributed by atoms with Crippen LogP contribution >= 0.6 is 11.8 Å². The summed E-state index contributed by atoms with van der Waals surface area (Å²) >= 11 is 1.98. The number of hydrogen-bond donors (Lipinski definition) is 1. The Kier molecular flexibility index (Phi) is 4.19. The van der Waals surface area contributed by atoms with E-state index in [1.54, 1.807) is 0 Å². The van der Waals surface area contributed by atoms with Crippen LogP contribution < -0.4 is 5.32 Å². The molecule has 0 radical (unpaired) electrons. The van der Waals surface area contributed by atoms with Crippen LogP contribution in [0.2, 0.25) is 0 Å². The number of aryl methyl sites for hydroxylation is 2. The molecule has 5 rings (SSSR count). The SMILES string of the molecule is Cc1ccc(NC(=O)[C@H](C)SC23CC4CC(CC(C4)C2)C3)c(C)c1. The first-order chi connectivity index (χ1) is 11.4. The van der Waals surface area contributed by atoms with E-state index < -0.39 is 0 Å². The van der Waals surface area contributed by atoms with Gasteiger partial charge < -0.3 is 5.32 Å². The Morgan fingerprint density at radius 3 is 2.25 bits per heavy atom. The van der Waals surface area contributed by atoms with Gasteiger partial charge in [-0.05, 0) is 88.7 Å². The summed E-state index contributed by atoms with van der Waals surface area (Å²) in [5.41, 5.74) is 3.35. The fourth-order valence-corrected chi connectivity index (χ4v) is 7.70. The van der Waals surface area contributed by atoms with Gasteiger partial charge in [-0.3, -0.25) is 4.79 Å². The first-order valence-corrected chi connectivity index (χ1v) is 10.4. The molecule has 0 spiro atoms. The number of carbonyl (C=O) groups is 1. The second kappa shape index (κ2) is 6.09. The fraction of sp³-hybridized carbons (Fsp3) is 0.667. The van der Waals surface area contributed by atoms with Gasteiger partial charge in [0.25, 0.3) is 0 Å². The molecule has 130 valence electrons. The van der Waals surface area contributed by atoms with Gasteiger partial charge in [-0.15, -0.1) is 11.8 Å². The van der Waals surface area contributed by atoms with Crippen LogP contribution in [0.4, 0.5) is 5.69 Å². The third kappa shape index (κ3) is 3.12. The van der Waals surface area contributed by atoms with E-state index in [1.165, 1.54) is 44.1 Å². The van der Waals surface area contributed by atoms with Crippen LogP contribution in [0.15, 0.2) is 18.2 Å². The minimum Gasteiger partial charge on any atom is -0.325 e. The van der Waals surface area contributed by atoms with Crippen LogP contribution in [0.1, 0.15) is 56.6 Å². The molecule has 2 nitrogen and oxygen atoms in total. The van der Waals surface area contributed by atoms with Crippen molar-refractivity contribution in [3.8, 4) is 0 Å². The first kappa shape index (κ1) is 16.5. The molecule has 0 aromatic heterocycles. The maximum absolute atomic E-state index is 12.7. The summed E-state index contributed by atoms with van der Waals surface area (Å²) in [4.78, 5) is 12.7. The molecular formula is C21H29NOS. The van der Waals surface area contributed by atoms with E-state index in [0.29, 0.717) is 4.75 Å². The average molecular weight is 344 g/mol. The Balaban J connectivity index is 1.42. The summed E-state index contributed by atoms with van der Waals surface area (Å²) < 4.78 is 0.397. The monoisotopic (exact) mass is 343 g/mol. The van der Waals surface area contributed by atoms with Crippen molar-refractivity contribution in [3.63, 3.8) is 0 Å². The van der Waals surface area contributed by atoms with Crippen molar-refractivity contribution in [1.29, 1.82) is 0 Å². The molecule has 24 heavy (non-hydrogen) atoms. The van der Waals surface area contributed by atoms with Crippen molar-refractivity contribution in [3.05, 3.63) is 29.3 Å². The van der Waals surface area contributed by atoms with Crippen LogP contribution in [0.5, 0.6) is 0 Å². The van der Waals surface area contributed by atoms with Crippen LogP contribution in [-0.4, -0.2) is 15.9 Å². The number of anilines is 1. The van der Waals surface area contributed by atoms with E-state index in [-0.39, 0.29) is 11.2 Å². The van der Waals surface area contributed by atoms with Crippen LogP contribution in [0.25, 0.3) is 0 Å². The second-order valence-electron chi connectivity index (χ2n) is 8.67. The smallest absolute Gasteiger partial charge is 0.237 e. The lowest BCUT2D eigenvalue weighted by Crippen LogP contribution is -2.49. The molecular weight excluding hydrogens is 314 g/mol. The lowest BCUT2D eigenvalue weighted by Gasteiger charge is -2.57. The summed E-state index contributed by atoms with van der Waals surface area (Å²) in [7, 11) is 0. The van der Waals surface area contributed by atoms with Crippen molar-refractivity contribution >= 4 is 23.4 Å². The zero-order chi connectivity index (χ0) is 16.9. The molecule has 0 aliphatic heterocycles. The molecule has 1 N–H and O–H groups in total.